The molecular weight excluding hydrogens is 400 g/mol. The Balaban J connectivity index is 0.00000420. The summed E-state index contributed by atoms with van der Waals surface area (Å²) < 4.78 is 2.82. The van der Waals surface area contributed by atoms with Crippen LogP contribution in [0.3, 0.4) is 0 Å². The third-order valence-corrected chi connectivity index (χ3v) is 3.61. The number of carbonyl (C=O) groups is 2. The standard InChI is InChI=1S/C18H20N6O4.ClH/c1-14(20-19-10-8-15-6-2-5-12-24(15)18(27)28)21-22-16-7-3-4-11-23(16)13-9-17(25)26;/h2-7,11-12H,8-10,13H2,1H3,(H-,25,26,27,28);1H. The first kappa shape index (κ1) is 23.6. The van der Waals surface area contributed by atoms with Gasteiger partial charge in [0.1, 0.15) is 0 Å². The Hall–Kier alpha value is -3.40. The SMILES string of the molecule is CC(N=NCCc1cccc[n+]1C(=O)O)=NN=c1ccccn1CCC(=O)O.[Cl-]. The van der Waals surface area contributed by atoms with Gasteiger partial charge < -0.3 is 27.2 Å². The van der Waals surface area contributed by atoms with Crippen LogP contribution in [0.5, 0.6) is 0 Å². The largest absolute Gasteiger partial charge is 1.00 e. The number of aryl methyl sites for hydroxylation is 1. The molecule has 0 saturated carbocycles. The van der Waals surface area contributed by atoms with Crippen LogP contribution in [-0.2, 0) is 17.8 Å². The van der Waals surface area contributed by atoms with E-state index in [4.69, 9.17) is 10.2 Å². The highest BCUT2D eigenvalue weighted by Gasteiger charge is 2.16. The van der Waals surface area contributed by atoms with E-state index in [-0.39, 0.29) is 25.4 Å². The summed E-state index contributed by atoms with van der Waals surface area (Å²) in [6, 6.07) is 10.4. The zero-order valence-electron chi connectivity index (χ0n) is 15.7. The van der Waals surface area contributed by atoms with Gasteiger partial charge in [0, 0.05) is 24.9 Å². The zero-order valence-corrected chi connectivity index (χ0v) is 16.5. The second kappa shape index (κ2) is 12.1. The van der Waals surface area contributed by atoms with Crippen molar-refractivity contribution in [2.75, 3.05) is 6.54 Å². The van der Waals surface area contributed by atoms with Crippen molar-refractivity contribution in [3.05, 3.63) is 60.0 Å². The number of hydrogen-bond acceptors (Lipinski definition) is 5. The lowest BCUT2D eigenvalue weighted by molar-refractivity contribution is -0.592. The summed E-state index contributed by atoms with van der Waals surface area (Å²) in [7, 11) is 0. The number of carboxylic acid groups (broad SMARTS) is 2. The van der Waals surface area contributed by atoms with Gasteiger partial charge in [0.2, 0.25) is 0 Å². The molecule has 0 aliphatic rings. The number of carboxylic acids is 1. The smallest absolute Gasteiger partial charge is 0.599 e. The van der Waals surface area contributed by atoms with Gasteiger partial charge in [-0.05, 0) is 19.1 Å². The molecule has 154 valence electrons. The van der Waals surface area contributed by atoms with E-state index in [0.717, 1.165) is 4.57 Å². The maximum Gasteiger partial charge on any atom is 0.599 e. The molecule has 0 fully saturated rings. The lowest BCUT2D eigenvalue weighted by atomic mass is 10.2. The molecule has 0 spiro atoms. The average Bonchev–Trinajstić information content (AvgIpc) is 2.68. The summed E-state index contributed by atoms with van der Waals surface area (Å²) in [5, 5.41) is 33.9. The number of nitrogens with zero attached hydrogens (tertiary/aromatic N) is 6. The van der Waals surface area contributed by atoms with Gasteiger partial charge in [-0.25, -0.2) is 0 Å². The molecule has 0 radical (unpaired) electrons. The van der Waals surface area contributed by atoms with Crippen molar-refractivity contribution in [3.8, 4) is 0 Å². The first-order valence-electron chi connectivity index (χ1n) is 8.53. The van der Waals surface area contributed by atoms with Crippen molar-refractivity contribution in [1.29, 1.82) is 0 Å². The fourth-order valence-corrected chi connectivity index (χ4v) is 2.29. The Morgan fingerprint density at radius 3 is 2.62 bits per heavy atom. The van der Waals surface area contributed by atoms with Gasteiger partial charge in [-0.3, -0.25) is 4.79 Å². The maximum atomic E-state index is 11.1. The molecule has 0 atom stereocenters. The second-order valence-electron chi connectivity index (χ2n) is 5.70. The van der Waals surface area contributed by atoms with Crippen molar-refractivity contribution in [3.63, 3.8) is 0 Å². The number of aliphatic carboxylic acids is 1. The fraction of sp³-hybridized carbons (Fsp3) is 0.278. The molecular formula is C18H21ClN6O4. The fourth-order valence-electron chi connectivity index (χ4n) is 2.29. The topological polar surface area (TPSA) is 133 Å². The summed E-state index contributed by atoms with van der Waals surface area (Å²) in [6.07, 6.45) is 2.54. The van der Waals surface area contributed by atoms with Crippen LogP contribution in [0, 0.1) is 0 Å². The summed E-state index contributed by atoms with van der Waals surface area (Å²) in [4.78, 5) is 21.9. The van der Waals surface area contributed by atoms with Crippen LogP contribution < -0.4 is 22.5 Å². The summed E-state index contributed by atoms with van der Waals surface area (Å²) >= 11 is 0. The van der Waals surface area contributed by atoms with Crippen molar-refractivity contribution in [2.24, 2.45) is 20.4 Å². The number of aromatic nitrogens is 2. The van der Waals surface area contributed by atoms with E-state index >= 15 is 0 Å². The number of hydrogen-bond donors (Lipinski definition) is 2. The Morgan fingerprint density at radius 2 is 1.90 bits per heavy atom. The molecule has 0 aromatic carbocycles. The zero-order chi connectivity index (χ0) is 20.4. The molecule has 11 heteroatoms. The number of rotatable bonds is 7. The van der Waals surface area contributed by atoms with E-state index in [1.165, 1.54) is 6.20 Å². The third-order valence-electron chi connectivity index (χ3n) is 3.61. The van der Waals surface area contributed by atoms with Crippen LogP contribution in [0.25, 0.3) is 0 Å². The predicted octanol–water partition coefficient (Wildman–Crippen LogP) is -1.29. The van der Waals surface area contributed by atoms with E-state index in [1.54, 1.807) is 54.1 Å². The molecule has 0 aliphatic heterocycles. The highest BCUT2D eigenvalue weighted by molar-refractivity contribution is 5.79. The van der Waals surface area contributed by atoms with Crippen LogP contribution in [0.1, 0.15) is 19.0 Å². The van der Waals surface area contributed by atoms with Crippen LogP contribution in [0.2, 0.25) is 0 Å². The first-order valence-corrected chi connectivity index (χ1v) is 8.53. The number of halogens is 1. The predicted molar refractivity (Wildman–Crippen MR) is 98.8 cm³/mol. The molecule has 0 bridgehead atoms. The van der Waals surface area contributed by atoms with Crippen molar-refractivity contribution >= 4 is 17.9 Å². The maximum absolute atomic E-state index is 11.1. The molecule has 2 rings (SSSR count). The van der Waals surface area contributed by atoms with Crippen molar-refractivity contribution in [1.82, 2.24) is 4.57 Å². The normalized spacial score (nSPS) is 12.0. The molecule has 0 saturated heterocycles. The van der Waals surface area contributed by atoms with E-state index in [0.29, 0.717) is 30.0 Å². The van der Waals surface area contributed by atoms with Gasteiger partial charge in [-0.15, -0.1) is 15.3 Å². The lowest BCUT2D eigenvalue weighted by Gasteiger charge is -2.03. The summed E-state index contributed by atoms with van der Waals surface area (Å²) in [5.74, 6) is -0.564. The highest BCUT2D eigenvalue weighted by Crippen LogP contribution is 1.95. The number of azo groups is 1. The van der Waals surface area contributed by atoms with Crippen molar-refractivity contribution in [2.45, 2.75) is 26.3 Å². The van der Waals surface area contributed by atoms with Crippen LogP contribution in [0.15, 0.2) is 69.2 Å². The van der Waals surface area contributed by atoms with E-state index in [2.05, 4.69) is 20.4 Å². The quantitative estimate of drug-likeness (QED) is 0.189. The average molecular weight is 421 g/mol. The van der Waals surface area contributed by atoms with E-state index in [1.807, 2.05) is 0 Å². The first-order chi connectivity index (χ1) is 13.5. The van der Waals surface area contributed by atoms with Gasteiger partial charge in [0.05, 0.1) is 19.4 Å². The Bertz CT molecular complexity index is 971. The van der Waals surface area contributed by atoms with Gasteiger partial charge in [-0.2, -0.15) is 9.91 Å². The van der Waals surface area contributed by atoms with Gasteiger partial charge in [0.25, 0.3) is 0 Å². The molecule has 10 nitrogen and oxygen atoms in total. The Labute approximate surface area is 173 Å². The van der Waals surface area contributed by atoms with Gasteiger partial charge >= 0.3 is 12.1 Å². The molecule has 2 aromatic rings. The molecule has 0 unspecified atom stereocenters. The van der Waals surface area contributed by atoms with Gasteiger partial charge in [-0.1, -0.05) is 16.7 Å². The molecule has 2 heterocycles. The Morgan fingerprint density at radius 1 is 1.14 bits per heavy atom. The van der Waals surface area contributed by atoms with E-state index < -0.39 is 12.1 Å². The van der Waals surface area contributed by atoms with Crippen LogP contribution >= 0.6 is 0 Å². The Kier molecular flexibility index (Phi) is 9.89. The molecule has 2 N–H and O–H groups in total. The van der Waals surface area contributed by atoms with Crippen molar-refractivity contribution < 1.29 is 36.8 Å². The molecule has 2 aromatic heterocycles. The van der Waals surface area contributed by atoms with Crippen LogP contribution in [0.4, 0.5) is 4.79 Å². The van der Waals surface area contributed by atoms with Gasteiger partial charge in [0.15, 0.2) is 23.2 Å². The summed E-state index contributed by atoms with van der Waals surface area (Å²) in [5.41, 5.74) is 1.11. The number of amidine groups is 1. The minimum atomic E-state index is -1.05. The number of pyridine rings is 2. The molecule has 0 aliphatic carbocycles. The highest BCUT2D eigenvalue weighted by atomic mass is 35.5. The third kappa shape index (κ3) is 8.01. The molecule has 0 amide bonds. The minimum absolute atomic E-state index is 0. The summed E-state index contributed by atoms with van der Waals surface area (Å²) in [6.45, 7) is 2.22. The lowest BCUT2D eigenvalue weighted by Crippen LogP contribution is -3.00. The monoisotopic (exact) mass is 420 g/mol. The minimum Gasteiger partial charge on any atom is -1.00 e. The molecule has 29 heavy (non-hydrogen) atoms. The van der Waals surface area contributed by atoms with E-state index in [9.17, 15) is 9.59 Å². The van der Waals surface area contributed by atoms with Crippen LogP contribution in [-0.4, -0.2) is 39.2 Å². The second-order valence-corrected chi connectivity index (χ2v) is 5.70.